The van der Waals surface area contributed by atoms with Gasteiger partial charge in [-0.05, 0) is 84.0 Å². The summed E-state index contributed by atoms with van der Waals surface area (Å²) < 4.78 is 6.20. The lowest BCUT2D eigenvalue weighted by Gasteiger charge is -2.55. The van der Waals surface area contributed by atoms with Crippen molar-refractivity contribution in [2.24, 2.45) is 28.6 Å². The van der Waals surface area contributed by atoms with Gasteiger partial charge < -0.3 is 4.74 Å². The third-order valence-corrected chi connectivity index (χ3v) is 7.42. The first-order valence-electron chi connectivity index (χ1n) is 9.41. The second-order valence-corrected chi connectivity index (χ2v) is 9.68. The van der Waals surface area contributed by atoms with Crippen LogP contribution in [0.15, 0.2) is 0 Å². The molecular weight excluding hydrogens is 272 g/mol. The minimum atomic E-state index is -0.365. The topological polar surface area (TPSA) is 26.3 Å². The van der Waals surface area contributed by atoms with E-state index in [1.165, 1.54) is 44.9 Å². The molecule has 0 aromatic heterocycles. The Morgan fingerprint density at radius 1 is 1.00 bits per heavy atom. The highest BCUT2D eigenvalue weighted by Crippen LogP contribution is 2.62. The predicted octanol–water partition coefficient (Wildman–Crippen LogP) is 5.35. The number of esters is 1. The van der Waals surface area contributed by atoms with Crippen LogP contribution >= 0.6 is 0 Å². The Bertz CT molecular complexity index is 433. The zero-order chi connectivity index (χ0) is 16.2. The monoisotopic (exact) mass is 306 g/mol. The molecule has 4 aliphatic rings. The molecule has 0 spiro atoms. The molecule has 126 valence electrons. The van der Waals surface area contributed by atoms with Crippen LogP contribution in [0.5, 0.6) is 0 Å². The summed E-state index contributed by atoms with van der Waals surface area (Å²) in [6, 6.07) is 0. The number of ether oxygens (including phenoxy) is 1. The average Bonchev–Trinajstić information content (AvgIpc) is 2.64. The second-order valence-electron chi connectivity index (χ2n) is 9.68. The molecule has 22 heavy (non-hydrogen) atoms. The van der Waals surface area contributed by atoms with Crippen molar-refractivity contribution in [1.29, 1.82) is 0 Å². The third-order valence-electron chi connectivity index (χ3n) is 7.42. The van der Waals surface area contributed by atoms with E-state index in [1.54, 1.807) is 0 Å². The van der Waals surface area contributed by atoms with Crippen molar-refractivity contribution >= 4 is 5.97 Å². The van der Waals surface area contributed by atoms with Gasteiger partial charge in [-0.3, -0.25) is 4.79 Å². The maximum atomic E-state index is 12.7. The summed E-state index contributed by atoms with van der Waals surface area (Å²) in [6.07, 6.45) is 10.4. The first-order chi connectivity index (χ1) is 10.2. The number of carbonyl (C=O) groups is 1. The van der Waals surface area contributed by atoms with Crippen LogP contribution in [0.1, 0.15) is 86.0 Å². The fraction of sp³-hybridized carbons (Fsp3) is 0.950. The van der Waals surface area contributed by atoms with E-state index in [9.17, 15) is 4.79 Å². The van der Waals surface area contributed by atoms with Crippen LogP contribution in [0.25, 0.3) is 0 Å². The fourth-order valence-corrected chi connectivity index (χ4v) is 5.55. The van der Waals surface area contributed by atoms with Gasteiger partial charge in [-0.2, -0.15) is 0 Å². The lowest BCUT2D eigenvalue weighted by atomic mass is 9.53. The fourth-order valence-electron chi connectivity index (χ4n) is 5.55. The summed E-state index contributed by atoms with van der Waals surface area (Å²) in [6.45, 7) is 10.5. The summed E-state index contributed by atoms with van der Waals surface area (Å²) in [5.41, 5.74) is -0.453. The quantitative estimate of drug-likeness (QED) is 0.654. The minimum absolute atomic E-state index is 0.00517. The molecule has 4 rings (SSSR count). The zero-order valence-corrected chi connectivity index (χ0v) is 15.2. The van der Waals surface area contributed by atoms with E-state index >= 15 is 0 Å². The Balaban J connectivity index is 1.83. The smallest absolute Gasteiger partial charge is 0.312 e. The number of fused-ring (bicyclic) bond motifs is 1. The summed E-state index contributed by atoms with van der Waals surface area (Å²) in [4.78, 5) is 12.7. The molecule has 2 heteroatoms. The normalized spacial score (nSPS) is 38.0. The van der Waals surface area contributed by atoms with E-state index in [1.807, 2.05) is 13.8 Å². The van der Waals surface area contributed by atoms with Crippen molar-refractivity contribution in [2.45, 2.75) is 91.6 Å². The van der Waals surface area contributed by atoms with Crippen molar-refractivity contribution in [3.05, 3.63) is 0 Å². The molecule has 4 fully saturated rings. The number of hydrogen-bond donors (Lipinski definition) is 0. The van der Waals surface area contributed by atoms with Gasteiger partial charge in [-0.15, -0.1) is 0 Å². The van der Waals surface area contributed by atoms with Gasteiger partial charge in [-0.25, -0.2) is 0 Å². The van der Waals surface area contributed by atoms with Crippen molar-refractivity contribution in [3.8, 4) is 0 Å². The molecule has 0 aliphatic heterocycles. The van der Waals surface area contributed by atoms with Gasteiger partial charge in [0.05, 0.1) is 5.41 Å². The summed E-state index contributed by atoms with van der Waals surface area (Å²) in [7, 11) is 0. The Hall–Kier alpha value is -0.530. The third kappa shape index (κ3) is 2.61. The van der Waals surface area contributed by atoms with Gasteiger partial charge in [0.25, 0.3) is 0 Å². The zero-order valence-electron chi connectivity index (χ0n) is 15.2. The van der Waals surface area contributed by atoms with Crippen LogP contribution in [0.3, 0.4) is 0 Å². The molecule has 0 N–H and O–H groups in total. The Labute approximate surface area is 136 Å². The molecule has 4 bridgehead atoms. The number of hydrogen-bond acceptors (Lipinski definition) is 2. The molecule has 0 heterocycles. The molecule has 4 saturated carbocycles. The van der Waals surface area contributed by atoms with Crippen molar-refractivity contribution in [3.63, 3.8) is 0 Å². The lowest BCUT2D eigenvalue weighted by molar-refractivity contribution is -0.194. The Morgan fingerprint density at radius 2 is 1.50 bits per heavy atom. The average molecular weight is 306 g/mol. The van der Waals surface area contributed by atoms with Gasteiger partial charge in [0.2, 0.25) is 0 Å². The van der Waals surface area contributed by atoms with Crippen LogP contribution in [0.2, 0.25) is 0 Å². The first kappa shape index (κ1) is 16.3. The van der Waals surface area contributed by atoms with Gasteiger partial charge >= 0.3 is 5.97 Å². The van der Waals surface area contributed by atoms with Crippen molar-refractivity contribution in [1.82, 2.24) is 0 Å². The van der Waals surface area contributed by atoms with Gasteiger partial charge in [-0.1, -0.05) is 19.8 Å². The molecule has 0 saturated heterocycles. The minimum Gasteiger partial charge on any atom is -0.459 e. The van der Waals surface area contributed by atoms with Gasteiger partial charge in [0, 0.05) is 5.41 Å². The number of rotatable bonds is 4. The number of carbonyl (C=O) groups excluding carboxylic acids is 1. The Morgan fingerprint density at radius 3 is 2.00 bits per heavy atom. The molecule has 2 atom stereocenters. The summed E-state index contributed by atoms with van der Waals surface area (Å²) in [5.74, 6) is 2.64. The van der Waals surface area contributed by atoms with Gasteiger partial charge in [0.15, 0.2) is 0 Å². The van der Waals surface area contributed by atoms with Crippen LogP contribution in [-0.2, 0) is 9.53 Å². The molecule has 0 aromatic rings. The molecule has 0 amide bonds. The summed E-state index contributed by atoms with van der Waals surface area (Å²) in [5, 5.41) is 0. The SMILES string of the molecule is CCC(C)(C)C(=O)OC(C)(C)C12CC3CCC(CC(C3)C1)C2. The molecule has 2 nitrogen and oxygen atoms in total. The van der Waals surface area contributed by atoms with E-state index in [-0.39, 0.29) is 22.4 Å². The van der Waals surface area contributed by atoms with Crippen LogP contribution in [0.4, 0.5) is 0 Å². The van der Waals surface area contributed by atoms with Gasteiger partial charge in [0.1, 0.15) is 5.60 Å². The first-order valence-corrected chi connectivity index (χ1v) is 9.41. The summed E-state index contributed by atoms with van der Waals surface area (Å²) >= 11 is 0. The van der Waals surface area contributed by atoms with Crippen LogP contribution < -0.4 is 0 Å². The second kappa shape index (κ2) is 5.24. The van der Waals surface area contributed by atoms with Crippen LogP contribution in [0, 0.1) is 28.6 Å². The van der Waals surface area contributed by atoms with Crippen LogP contribution in [-0.4, -0.2) is 11.6 Å². The van der Waals surface area contributed by atoms with E-state index in [0.29, 0.717) is 0 Å². The largest absolute Gasteiger partial charge is 0.459 e. The molecular formula is C20H34O2. The van der Waals surface area contributed by atoms with E-state index in [4.69, 9.17) is 4.74 Å². The van der Waals surface area contributed by atoms with E-state index < -0.39 is 0 Å². The predicted molar refractivity (Wildman–Crippen MR) is 89.5 cm³/mol. The molecule has 4 aliphatic carbocycles. The highest BCUT2D eigenvalue weighted by atomic mass is 16.6. The highest BCUT2D eigenvalue weighted by molar-refractivity contribution is 5.76. The lowest BCUT2D eigenvalue weighted by Crippen LogP contribution is -2.54. The molecule has 0 radical (unpaired) electrons. The van der Waals surface area contributed by atoms with E-state index in [2.05, 4.69) is 20.8 Å². The molecule has 0 aromatic carbocycles. The Kier molecular flexibility index (Phi) is 3.89. The molecule has 2 unspecified atom stereocenters. The highest BCUT2D eigenvalue weighted by Gasteiger charge is 2.57. The maximum absolute atomic E-state index is 12.7. The maximum Gasteiger partial charge on any atom is 0.312 e. The van der Waals surface area contributed by atoms with Crippen molar-refractivity contribution < 1.29 is 9.53 Å². The van der Waals surface area contributed by atoms with E-state index in [0.717, 1.165) is 24.2 Å². The van der Waals surface area contributed by atoms with Crippen molar-refractivity contribution in [2.75, 3.05) is 0 Å². The standard InChI is InChI=1S/C20H34O2/c1-6-18(2,3)17(21)22-19(4,5)20-11-14-7-8-15(12-20)10-16(9-14)13-20/h14-16H,6-13H2,1-5H3.